The van der Waals surface area contributed by atoms with Crippen LogP contribution in [0, 0.1) is 0 Å². The van der Waals surface area contributed by atoms with Gasteiger partial charge >= 0.3 is 5.97 Å². The molecule has 0 saturated heterocycles. The summed E-state index contributed by atoms with van der Waals surface area (Å²) in [7, 11) is 0. The van der Waals surface area contributed by atoms with Crippen molar-refractivity contribution in [1.29, 1.82) is 0 Å². The molecule has 3 rings (SSSR count). The lowest BCUT2D eigenvalue weighted by Crippen LogP contribution is -2.15. The van der Waals surface area contributed by atoms with Crippen molar-refractivity contribution >= 4 is 23.6 Å². The zero-order valence-electron chi connectivity index (χ0n) is 17.2. The van der Waals surface area contributed by atoms with Crippen LogP contribution in [0.5, 0.6) is 0 Å². The lowest BCUT2D eigenvalue weighted by atomic mass is 10.1. The number of anilines is 1. The van der Waals surface area contributed by atoms with Gasteiger partial charge in [-0.3, -0.25) is 9.48 Å². The van der Waals surface area contributed by atoms with Crippen molar-refractivity contribution in [3.63, 3.8) is 0 Å². The molecule has 0 fully saturated rings. The van der Waals surface area contributed by atoms with Crippen molar-refractivity contribution < 1.29 is 14.3 Å². The highest BCUT2D eigenvalue weighted by Crippen LogP contribution is 2.16. The smallest absolute Gasteiger partial charge is 0.330 e. The van der Waals surface area contributed by atoms with Gasteiger partial charge in [0.1, 0.15) is 0 Å². The summed E-state index contributed by atoms with van der Waals surface area (Å²) in [6, 6.07) is 17.3. The standard InChI is InChI=1S/C24H25N3O3/c1-3-22-21(16-25-27(22)17-19-8-6-5-7-9-19)24(29)26-20-13-10-18(11-14-20)12-15-23(28)30-4-2/h5-16H,3-4,17H2,1-2H3,(H,26,29)/b15-12+. The predicted octanol–water partition coefficient (Wildman–Crippen LogP) is 4.32. The maximum atomic E-state index is 12.8. The number of aromatic nitrogens is 2. The molecule has 0 bridgehead atoms. The molecule has 0 radical (unpaired) electrons. The number of hydrogen-bond donors (Lipinski definition) is 1. The number of carbonyl (C=O) groups excluding carboxylic acids is 2. The number of carbonyl (C=O) groups is 2. The van der Waals surface area contributed by atoms with Crippen molar-refractivity contribution in [2.75, 3.05) is 11.9 Å². The molecule has 154 valence electrons. The minimum absolute atomic E-state index is 0.194. The Labute approximate surface area is 176 Å². The van der Waals surface area contributed by atoms with Gasteiger partial charge in [0.15, 0.2) is 0 Å². The van der Waals surface area contributed by atoms with Gasteiger partial charge in [-0.1, -0.05) is 49.4 Å². The summed E-state index contributed by atoms with van der Waals surface area (Å²) < 4.78 is 6.73. The van der Waals surface area contributed by atoms with Crippen LogP contribution in [0.1, 0.15) is 41.0 Å². The van der Waals surface area contributed by atoms with E-state index in [1.165, 1.54) is 6.08 Å². The van der Waals surface area contributed by atoms with Gasteiger partial charge in [0, 0.05) is 11.8 Å². The number of rotatable bonds is 8. The van der Waals surface area contributed by atoms with E-state index in [1.54, 1.807) is 31.3 Å². The maximum absolute atomic E-state index is 12.8. The summed E-state index contributed by atoms with van der Waals surface area (Å²) >= 11 is 0. The molecule has 0 aliphatic heterocycles. The minimum Gasteiger partial charge on any atom is -0.463 e. The Balaban J connectivity index is 1.68. The summed E-state index contributed by atoms with van der Waals surface area (Å²) in [6.07, 6.45) is 5.37. The fraction of sp³-hybridized carbons (Fsp3) is 0.208. The highest BCUT2D eigenvalue weighted by atomic mass is 16.5. The number of nitrogens with one attached hydrogen (secondary N) is 1. The first kappa shape index (κ1) is 21.0. The number of esters is 1. The summed E-state index contributed by atoms with van der Waals surface area (Å²) in [5.41, 5.74) is 4.11. The SMILES string of the molecule is CCOC(=O)/C=C/c1ccc(NC(=O)c2cnn(Cc3ccccc3)c2CC)cc1. The Kier molecular flexibility index (Phi) is 7.16. The number of hydrogen-bond acceptors (Lipinski definition) is 4. The van der Waals surface area contributed by atoms with Crippen LogP contribution < -0.4 is 5.32 Å². The van der Waals surface area contributed by atoms with Crippen molar-refractivity contribution in [2.24, 2.45) is 0 Å². The zero-order chi connectivity index (χ0) is 21.3. The second-order valence-electron chi connectivity index (χ2n) is 6.66. The third-order valence-corrected chi connectivity index (χ3v) is 4.57. The van der Waals surface area contributed by atoms with Crippen LogP contribution in [0.3, 0.4) is 0 Å². The first-order valence-electron chi connectivity index (χ1n) is 9.95. The Morgan fingerprint density at radius 2 is 1.80 bits per heavy atom. The average molecular weight is 403 g/mol. The first-order chi connectivity index (χ1) is 14.6. The van der Waals surface area contributed by atoms with Crippen molar-refractivity contribution in [1.82, 2.24) is 9.78 Å². The molecule has 1 aromatic heterocycles. The Hall–Kier alpha value is -3.67. The van der Waals surface area contributed by atoms with Crippen LogP contribution >= 0.6 is 0 Å². The first-order valence-corrected chi connectivity index (χ1v) is 9.95. The third-order valence-electron chi connectivity index (χ3n) is 4.57. The van der Waals surface area contributed by atoms with Gasteiger partial charge < -0.3 is 10.1 Å². The number of ether oxygens (including phenoxy) is 1. The fourth-order valence-corrected chi connectivity index (χ4v) is 3.10. The van der Waals surface area contributed by atoms with Crippen LogP contribution in [0.2, 0.25) is 0 Å². The number of nitrogens with zero attached hydrogens (tertiary/aromatic N) is 2. The minimum atomic E-state index is -0.380. The molecule has 0 aliphatic carbocycles. The van der Waals surface area contributed by atoms with Crippen molar-refractivity contribution in [2.45, 2.75) is 26.8 Å². The Morgan fingerprint density at radius 1 is 1.07 bits per heavy atom. The van der Waals surface area contributed by atoms with Gasteiger partial charge in [-0.15, -0.1) is 0 Å². The Bertz CT molecular complexity index is 1020. The molecule has 6 nitrogen and oxygen atoms in total. The van der Waals surface area contributed by atoms with Crippen LogP contribution in [-0.2, 0) is 22.5 Å². The second-order valence-corrected chi connectivity index (χ2v) is 6.66. The fourth-order valence-electron chi connectivity index (χ4n) is 3.10. The molecule has 0 aliphatic rings. The normalized spacial score (nSPS) is 10.9. The molecule has 1 heterocycles. The van der Waals surface area contributed by atoms with Gasteiger partial charge in [-0.05, 0) is 42.7 Å². The second kappa shape index (κ2) is 10.2. The van der Waals surface area contributed by atoms with Crippen molar-refractivity contribution in [3.8, 4) is 0 Å². The van der Waals surface area contributed by atoms with Gasteiger partial charge in [0.25, 0.3) is 5.91 Å². The summed E-state index contributed by atoms with van der Waals surface area (Å²) in [6.45, 7) is 4.74. The molecular formula is C24H25N3O3. The highest BCUT2D eigenvalue weighted by Gasteiger charge is 2.16. The Morgan fingerprint density at radius 3 is 2.47 bits per heavy atom. The monoisotopic (exact) mass is 403 g/mol. The van der Waals surface area contributed by atoms with Gasteiger partial charge in [-0.2, -0.15) is 5.10 Å². The molecule has 2 aromatic carbocycles. The van der Waals surface area contributed by atoms with Crippen LogP contribution in [0.4, 0.5) is 5.69 Å². The third kappa shape index (κ3) is 5.44. The molecule has 6 heteroatoms. The van der Waals surface area contributed by atoms with E-state index in [0.717, 1.165) is 16.8 Å². The quantitative estimate of drug-likeness (QED) is 0.449. The topological polar surface area (TPSA) is 73.2 Å². The molecule has 30 heavy (non-hydrogen) atoms. The van der Waals surface area contributed by atoms with Crippen molar-refractivity contribution in [3.05, 3.63) is 89.3 Å². The van der Waals surface area contributed by atoms with E-state index in [-0.39, 0.29) is 11.9 Å². The van der Waals surface area contributed by atoms with Crippen LogP contribution in [-0.4, -0.2) is 28.3 Å². The number of benzene rings is 2. The van der Waals surface area contributed by atoms with E-state index in [9.17, 15) is 9.59 Å². The molecule has 0 saturated carbocycles. The largest absolute Gasteiger partial charge is 0.463 e. The lowest BCUT2D eigenvalue weighted by molar-refractivity contribution is -0.137. The average Bonchev–Trinajstić information content (AvgIpc) is 3.17. The zero-order valence-corrected chi connectivity index (χ0v) is 17.2. The molecule has 3 aromatic rings. The van der Waals surface area contributed by atoms with E-state index in [2.05, 4.69) is 10.4 Å². The van der Waals surface area contributed by atoms with E-state index in [4.69, 9.17) is 4.74 Å². The maximum Gasteiger partial charge on any atom is 0.330 e. The predicted molar refractivity (Wildman–Crippen MR) is 117 cm³/mol. The van der Waals surface area contributed by atoms with Crippen LogP contribution in [0.25, 0.3) is 6.08 Å². The van der Waals surface area contributed by atoms with Gasteiger partial charge in [-0.25, -0.2) is 4.79 Å². The summed E-state index contributed by atoms with van der Waals surface area (Å²) in [5.74, 6) is -0.574. The number of amides is 1. The van der Waals surface area contributed by atoms with Gasteiger partial charge in [0.2, 0.25) is 0 Å². The summed E-state index contributed by atoms with van der Waals surface area (Å²) in [4.78, 5) is 24.2. The van der Waals surface area contributed by atoms with Crippen LogP contribution in [0.15, 0.2) is 66.9 Å². The van der Waals surface area contributed by atoms with E-state index >= 15 is 0 Å². The molecule has 0 atom stereocenters. The lowest BCUT2D eigenvalue weighted by Gasteiger charge is -2.09. The van der Waals surface area contributed by atoms with Gasteiger partial charge in [0.05, 0.1) is 30.6 Å². The molecular weight excluding hydrogens is 378 g/mol. The van der Waals surface area contributed by atoms with E-state index < -0.39 is 0 Å². The van der Waals surface area contributed by atoms with E-state index in [0.29, 0.717) is 30.8 Å². The molecule has 0 unspecified atom stereocenters. The highest BCUT2D eigenvalue weighted by molar-refractivity contribution is 6.05. The molecule has 0 spiro atoms. The summed E-state index contributed by atoms with van der Waals surface area (Å²) in [5, 5.41) is 7.33. The molecule has 1 amide bonds. The molecule has 1 N–H and O–H groups in total. The van der Waals surface area contributed by atoms with E-state index in [1.807, 2.05) is 54.1 Å².